The van der Waals surface area contributed by atoms with Crippen molar-refractivity contribution in [2.75, 3.05) is 26.3 Å². The zero-order chi connectivity index (χ0) is 13.4. The molecular weight excluding hydrogens is 230 g/mol. The number of carbonyl (C=O) groups excluding carboxylic acids is 1. The normalized spacial score (nSPS) is 21.9. The third-order valence-corrected chi connectivity index (χ3v) is 2.93. The summed E-state index contributed by atoms with van der Waals surface area (Å²) in [5, 5.41) is 9.70. The Morgan fingerprint density at radius 1 is 1.44 bits per heavy atom. The van der Waals surface area contributed by atoms with Gasteiger partial charge in [0.15, 0.2) is 0 Å². The van der Waals surface area contributed by atoms with Crippen LogP contribution >= 0.6 is 0 Å². The fraction of sp³-hybridized carbons (Fsp3) is 0.923. The molecule has 3 N–H and O–H groups in total. The molecule has 1 saturated heterocycles. The highest BCUT2D eigenvalue weighted by Crippen LogP contribution is 2.02. The van der Waals surface area contributed by atoms with Crippen LogP contribution in [0.3, 0.4) is 0 Å². The van der Waals surface area contributed by atoms with Gasteiger partial charge in [-0.1, -0.05) is 0 Å². The zero-order valence-corrected chi connectivity index (χ0v) is 11.8. The van der Waals surface area contributed by atoms with Gasteiger partial charge in [-0.3, -0.25) is 4.79 Å². The van der Waals surface area contributed by atoms with E-state index in [1.165, 1.54) is 0 Å². The first kappa shape index (κ1) is 15.4. The van der Waals surface area contributed by atoms with Crippen LogP contribution in [0.25, 0.3) is 0 Å². The van der Waals surface area contributed by atoms with E-state index in [1.54, 1.807) is 0 Å². The van der Waals surface area contributed by atoms with Crippen LogP contribution in [-0.4, -0.2) is 50.3 Å². The van der Waals surface area contributed by atoms with Crippen molar-refractivity contribution in [1.82, 2.24) is 16.0 Å². The highest BCUT2D eigenvalue weighted by Gasteiger charge is 2.15. The van der Waals surface area contributed by atoms with E-state index in [4.69, 9.17) is 4.74 Å². The molecule has 18 heavy (non-hydrogen) atoms. The lowest BCUT2D eigenvalue weighted by Gasteiger charge is -2.26. The lowest BCUT2D eigenvalue weighted by atomic mass is 10.1. The minimum absolute atomic E-state index is 0.115. The molecule has 2 atom stereocenters. The predicted octanol–water partition coefficient (Wildman–Crippen LogP) is 0.258. The summed E-state index contributed by atoms with van der Waals surface area (Å²) in [5.41, 5.74) is 0. The van der Waals surface area contributed by atoms with Crippen molar-refractivity contribution in [1.29, 1.82) is 0 Å². The summed E-state index contributed by atoms with van der Waals surface area (Å²) in [6.45, 7) is 9.37. The number of nitrogens with one attached hydrogen (secondary N) is 3. The summed E-state index contributed by atoms with van der Waals surface area (Å²) < 4.78 is 5.42. The molecule has 1 amide bonds. The topological polar surface area (TPSA) is 62.4 Å². The third-order valence-electron chi connectivity index (χ3n) is 2.93. The van der Waals surface area contributed by atoms with Gasteiger partial charge in [0.2, 0.25) is 5.91 Å². The molecule has 0 aliphatic carbocycles. The molecule has 106 valence electrons. The standard InChI is InChI=1S/C13H27N3O2/c1-10(2)16-13(17)4-5-14-11(3)8-12-9-18-7-6-15-12/h10-12,14-15H,4-9H2,1-3H3,(H,16,17). The quantitative estimate of drug-likeness (QED) is 0.612. The van der Waals surface area contributed by atoms with Crippen molar-refractivity contribution in [3.05, 3.63) is 0 Å². The van der Waals surface area contributed by atoms with Crippen LogP contribution in [0.4, 0.5) is 0 Å². The molecule has 5 heteroatoms. The van der Waals surface area contributed by atoms with E-state index >= 15 is 0 Å². The molecule has 1 rings (SSSR count). The van der Waals surface area contributed by atoms with Crippen LogP contribution in [0.15, 0.2) is 0 Å². The molecule has 1 heterocycles. The number of morpholine rings is 1. The van der Waals surface area contributed by atoms with E-state index in [9.17, 15) is 4.79 Å². The molecule has 0 radical (unpaired) electrons. The molecular formula is C13H27N3O2. The summed E-state index contributed by atoms with van der Waals surface area (Å²) in [4.78, 5) is 11.4. The van der Waals surface area contributed by atoms with Crippen LogP contribution in [-0.2, 0) is 9.53 Å². The van der Waals surface area contributed by atoms with Gasteiger partial charge in [0, 0.05) is 37.6 Å². The number of rotatable bonds is 7. The molecule has 0 aromatic rings. The fourth-order valence-electron chi connectivity index (χ4n) is 2.11. The van der Waals surface area contributed by atoms with Crippen molar-refractivity contribution in [2.24, 2.45) is 0 Å². The Kier molecular flexibility index (Phi) is 7.23. The van der Waals surface area contributed by atoms with Crippen molar-refractivity contribution in [2.45, 2.75) is 51.7 Å². The van der Waals surface area contributed by atoms with Gasteiger partial charge in [0.25, 0.3) is 0 Å². The molecule has 0 aromatic carbocycles. The average molecular weight is 257 g/mol. The number of hydrogen-bond acceptors (Lipinski definition) is 4. The smallest absolute Gasteiger partial charge is 0.221 e. The van der Waals surface area contributed by atoms with Crippen LogP contribution in [0.5, 0.6) is 0 Å². The molecule has 1 fully saturated rings. The van der Waals surface area contributed by atoms with Gasteiger partial charge in [-0.2, -0.15) is 0 Å². The Hall–Kier alpha value is -0.650. The Balaban J connectivity index is 2.05. The first-order valence-electron chi connectivity index (χ1n) is 6.91. The highest BCUT2D eigenvalue weighted by atomic mass is 16.5. The summed E-state index contributed by atoms with van der Waals surface area (Å²) in [5.74, 6) is 0.115. The maximum absolute atomic E-state index is 11.4. The molecule has 0 bridgehead atoms. The van der Waals surface area contributed by atoms with Gasteiger partial charge in [0.1, 0.15) is 0 Å². The van der Waals surface area contributed by atoms with Gasteiger partial charge in [-0.25, -0.2) is 0 Å². The molecule has 1 aliphatic heterocycles. The summed E-state index contributed by atoms with van der Waals surface area (Å²) in [6.07, 6.45) is 1.57. The van der Waals surface area contributed by atoms with E-state index in [0.717, 1.165) is 32.7 Å². The van der Waals surface area contributed by atoms with Gasteiger partial charge >= 0.3 is 0 Å². The van der Waals surface area contributed by atoms with Gasteiger partial charge in [-0.05, 0) is 27.2 Å². The van der Waals surface area contributed by atoms with Gasteiger partial charge in [0.05, 0.1) is 13.2 Å². The second-order valence-corrected chi connectivity index (χ2v) is 5.29. The van der Waals surface area contributed by atoms with Crippen LogP contribution in [0, 0.1) is 0 Å². The minimum Gasteiger partial charge on any atom is -0.379 e. The van der Waals surface area contributed by atoms with Crippen molar-refractivity contribution in [3.8, 4) is 0 Å². The molecule has 5 nitrogen and oxygen atoms in total. The lowest BCUT2D eigenvalue weighted by molar-refractivity contribution is -0.121. The maximum Gasteiger partial charge on any atom is 0.221 e. The number of ether oxygens (including phenoxy) is 1. The SMILES string of the molecule is CC(C)NC(=O)CCNC(C)CC1COCCN1. The van der Waals surface area contributed by atoms with Crippen LogP contribution < -0.4 is 16.0 Å². The Morgan fingerprint density at radius 2 is 2.22 bits per heavy atom. The monoisotopic (exact) mass is 257 g/mol. The van der Waals surface area contributed by atoms with E-state index in [0.29, 0.717) is 18.5 Å². The second-order valence-electron chi connectivity index (χ2n) is 5.29. The van der Waals surface area contributed by atoms with E-state index in [2.05, 4.69) is 22.9 Å². The molecule has 0 spiro atoms. The van der Waals surface area contributed by atoms with E-state index in [1.807, 2.05) is 13.8 Å². The van der Waals surface area contributed by atoms with Crippen molar-refractivity contribution < 1.29 is 9.53 Å². The van der Waals surface area contributed by atoms with Gasteiger partial charge in [-0.15, -0.1) is 0 Å². The third kappa shape index (κ3) is 6.93. The highest BCUT2D eigenvalue weighted by molar-refractivity contribution is 5.76. The Labute approximate surface area is 110 Å². The van der Waals surface area contributed by atoms with Crippen LogP contribution in [0.2, 0.25) is 0 Å². The molecule has 0 saturated carbocycles. The Morgan fingerprint density at radius 3 is 2.83 bits per heavy atom. The summed E-state index contributed by atoms with van der Waals surface area (Å²) in [6, 6.07) is 1.06. The first-order chi connectivity index (χ1) is 8.58. The molecule has 0 aromatic heterocycles. The Bertz CT molecular complexity index is 240. The molecule has 2 unspecified atom stereocenters. The largest absolute Gasteiger partial charge is 0.379 e. The zero-order valence-electron chi connectivity index (χ0n) is 11.8. The van der Waals surface area contributed by atoms with E-state index in [-0.39, 0.29) is 11.9 Å². The minimum atomic E-state index is 0.115. The van der Waals surface area contributed by atoms with E-state index < -0.39 is 0 Å². The maximum atomic E-state index is 11.4. The summed E-state index contributed by atoms with van der Waals surface area (Å²) >= 11 is 0. The molecule has 1 aliphatic rings. The lowest BCUT2D eigenvalue weighted by Crippen LogP contribution is -2.45. The first-order valence-corrected chi connectivity index (χ1v) is 6.91. The second kappa shape index (κ2) is 8.45. The fourth-order valence-corrected chi connectivity index (χ4v) is 2.11. The number of hydrogen-bond donors (Lipinski definition) is 3. The summed E-state index contributed by atoms with van der Waals surface area (Å²) in [7, 11) is 0. The number of amides is 1. The van der Waals surface area contributed by atoms with Crippen molar-refractivity contribution >= 4 is 5.91 Å². The number of carbonyl (C=O) groups is 1. The average Bonchev–Trinajstić information content (AvgIpc) is 2.29. The predicted molar refractivity (Wildman–Crippen MR) is 72.6 cm³/mol. The van der Waals surface area contributed by atoms with Crippen molar-refractivity contribution in [3.63, 3.8) is 0 Å². The van der Waals surface area contributed by atoms with Crippen LogP contribution in [0.1, 0.15) is 33.6 Å². The van der Waals surface area contributed by atoms with Gasteiger partial charge < -0.3 is 20.7 Å².